The van der Waals surface area contributed by atoms with Crippen LogP contribution >= 0.6 is 0 Å². The van der Waals surface area contributed by atoms with E-state index in [1.165, 1.54) is 14.2 Å². The fourth-order valence-corrected chi connectivity index (χ4v) is 2.69. The highest BCUT2D eigenvalue weighted by Crippen LogP contribution is 2.44. The molecule has 1 aromatic carbocycles. The molecule has 0 N–H and O–H groups in total. The summed E-state index contributed by atoms with van der Waals surface area (Å²) in [5.74, 6) is 4.66. The van der Waals surface area contributed by atoms with Gasteiger partial charge in [0.15, 0.2) is 0 Å². The molecule has 0 radical (unpaired) electrons. The van der Waals surface area contributed by atoms with Gasteiger partial charge in [-0.25, -0.2) is 0 Å². The number of ketones is 1. The zero-order chi connectivity index (χ0) is 16.9. The molecule has 0 heterocycles. The molecule has 0 spiro atoms. The molecule has 1 aliphatic carbocycles. The minimum atomic E-state index is -1.37. The Balaban J connectivity index is 2.56. The second kappa shape index (κ2) is 7.41. The molecule has 0 aliphatic heterocycles. The van der Waals surface area contributed by atoms with Crippen molar-refractivity contribution in [1.82, 2.24) is 0 Å². The van der Waals surface area contributed by atoms with E-state index in [1.807, 2.05) is 24.3 Å². The Hall–Kier alpha value is -2.15. The minimum Gasteiger partial charge on any atom is -0.343 e. The highest BCUT2D eigenvalue weighted by molar-refractivity contribution is 6.35. The van der Waals surface area contributed by atoms with Gasteiger partial charge in [0.25, 0.3) is 5.79 Å². The molecular formula is C20H22O3. The molecule has 3 nitrogen and oxygen atoms in total. The lowest BCUT2D eigenvalue weighted by atomic mass is 9.75. The fourth-order valence-electron chi connectivity index (χ4n) is 2.69. The Bertz CT molecular complexity index is 697. The third-order valence-corrected chi connectivity index (χ3v) is 4.00. The molecule has 0 saturated carbocycles. The number of unbranched alkanes of at least 4 members (excludes halogenated alkanes) is 2. The van der Waals surface area contributed by atoms with Gasteiger partial charge in [0, 0.05) is 26.2 Å². The van der Waals surface area contributed by atoms with Crippen molar-refractivity contribution in [3.05, 3.63) is 47.5 Å². The van der Waals surface area contributed by atoms with Crippen molar-refractivity contribution in [2.75, 3.05) is 14.2 Å². The molecule has 0 atom stereocenters. The van der Waals surface area contributed by atoms with Crippen molar-refractivity contribution in [3.8, 4) is 11.8 Å². The predicted octanol–water partition coefficient (Wildman–Crippen LogP) is 3.85. The van der Waals surface area contributed by atoms with Gasteiger partial charge in [0.1, 0.15) is 0 Å². The van der Waals surface area contributed by atoms with Crippen LogP contribution in [-0.2, 0) is 14.3 Å². The van der Waals surface area contributed by atoms with Gasteiger partial charge in [0.2, 0.25) is 5.78 Å². The van der Waals surface area contributed by atoms with Gasteiger partial charge in [-0.2, -0.15) is 0 Å². The predicted molar refractivity (Wildman–Crippen MR) is 92.5 cm³/mol. The van der Waals surface area contributed by atoms with Gasteiger partial charge in [-0.3, -0.25) is 4.79 Å². The summed E-state index contributed by atoms with van der Waals surface area (Å²) in [5, 5.41) is 0. The van der Waals surface area contributed by atoms with Crippen LogP contribution in [0, 0.1) is 11.8 Å². The first-order valence-corrected chi connectivity index (χ1v) is 7.76. The molecule has 0 aromatic heterocycles. The van der Waals surface area contributed by atoms with E-state index in [1.54, 1.807) is 6.08 Å². The quantitative estimate of drug-likeness (QED) is 0.455. The first-order valence-electron chi connectivity index (χ1n) is 7.76. The number of hydrogen-bond acceptors (Lipinski definition) is 3. The normalized spacial score (nSPS) is 15.7. The molecule has 120 valence electrons. The molecule has 23 heavy (non-hydrogen) atoms. The smallest absolute Gasteiger partial charge is 0.269 e. The molecule has 1 aliphatic rings. The number of methoxy groups -OCH3 is 2. The van der Waals surface area contributed by atoms with Crippen molar-refractivity contribution in [2.45, 2.75) is 32.0 Å². The highest BCUT2D eigenvalue weighted by Gasteiger charge is 2.55. The van der Waals surface area contributed by atoms with Crippen LogP contribution in [0.5, 0.6) is 0 Å². The highest BCUT2D eigenvalue weighted by atomic mass is 16.7. The molecule has 3 heteroatoms. The largest absolute Gasteiger partial charge is 0.343 e. The average Bonchev–Trinajstić information content (AvgIpc) is 2.59. The Morgan fingerprint density at radius 3 is 2.57 bits per heavy atom. The third kappa shape index (κ3) is 2.88. The van der Waals surface area contributed by atoms with E-state index in [9.17, 15) is 4.79 Å². The summed E-state index contributed by atoms with van der Waals surface area (Å²) in [6.07, 6.45) is 4.63. The lowest BCUT2D eigenvalue weighted by molar-refractivity contribution is -0.189. The standard InChI is InChI=1S/C20H22O3/c1-5-7-8-9-14-17-18(19(21)20(17,22-3)23-4)16-13-11-10-12-15(16)6-2/h6,10-13H,2,5,7-8H2,1,3-4H3. The van der Waals surface area contributed by atoms with Crippen molar-refractivity contribution in [2.24, 2.45) is 0 Å². The van der Waals surface area contributed by atoms with Crippen LogP contribution in [0.25, 0.3) is 11.6 Å². The van der Waals surface area contributed by atoms with Gasteiger partial charge in [-0.15, -0.1) is 0 Å². The number of benzene rings is 1. The summed E-state index contributed by atoms with van der Waals surface area (Å²) in [6.45, 7) is 5.93. The second-order valence-corrected chi connectivity index (χ2v) is 5.30. The summed E-state index contributed by atoms with van der Waals surface area (Å²) >= 11 is 0. The van der Waals surface area contributed by atoms with Gasteiger partial charge in [0.05, 0.1) is 5.57 Å². The molecular weight excluding hydrogens is 288 g/mol. The van der Waals surface area contributed by atoms with Crippen molar-refractivity contribution in [3.63, 3.8) is 0 Å². The molecule has 0 bridgehead atoms. The van der Waals surface area contributed by atoms with Crippen LogP contribution in [0.2, 0.25) is 0 Å². The van der Waals surface area contributed by atoms with Gasteiger partial charge in [-0.1, -0.05) is 62.1 Å². The maximum Gasteiger partial charge on any atom is 0.269 e. The van der Waals surface area contributed by atoms with Crippen LogP contribution in [0.15, 0.2) is 36.4 Å². The van der Waals surface area contributed by atoms with Crippen molar-refractivity contribution < 1.29 is 14.3 Å². The molecule has 0 unspecified atom stereocenters. The van der Waals surface area contributed by atoms with E-state index in [-0.39, 0.29) is 5.78 Å². The minimum absolute atomic E-state index is 0.198. The topological polar surface area (TPSA) is 35.5 Å². The second-order valence-electron chi connectivity index (χ2n) is 5.30. The fraction of sp³-hybridized carbons (Fsp3) is 0.350. The molecule has 2 rings (SSSR count). The average molecular weight is 310 g/mol. The summed E-state index contributed by atoms with van der Waals surface area (Å²) in [5.41, 5.74) is 2.87. The summed E-state index contributed by atoms with van der Waals surface area (Å²) < 4.78 is 10.7. The van der Waals surface area contributed by atoms with Crippen molar-refractivity contribution in [1.29, 1.82) is 0 Å². The molecule has 0 amide bonds. The lowest BCUT2D eigenvalue weighted by Gasteiger charge is -2.39. The number of carbonyl (C=O) groups excluding carboxylic acids is 1. The maximum atomic E-state index is 12.7. The van der Waals surface area contributed by atoms with E-state index in [0.29, 0.717) is 11.1 Å². The van der Waals surface area contributed by atoms with Crippen LogP contribution < -0.4 is 0 Å². The van der Waals surface area contributed by atoms with E-state index in [0.717, 1.165) is 30.4 Å². The van der Waals surface area contributed by atoms with Crippen LogP contribution in [0.3, 0.4) is 0 Å². The number of Topliss-reactive ketones (excluding diaryl/α,β-unsaturated/α-hetero) is 1. The van der Waals surface area contributed by atoms with Crippen LogP contribution in [0.1, 0.15) is 37.3 Å². The van der Waals surface area contributed by atoms with E-state index in [4.69, 9.17) is 9.47 Å². The Morgan fingerprint density at radius 2 is 1.96 bits per heavy atom. The van der Waals surface area contributed by atoms with E-state index >= 15 is 0 Å². The number of ether oxygens (including phenoxy) is 2. The number of rotatable bonds is 6. The van der Waals surface area contributed by atoms with Gasteiger partial charge < -0.3 is 9.47 Å². The van der Waals surface area contributed by atoms with Gasteiger partial charge in [-0.05, 0) is 17.5 Å². The Kier molecular flexibility index (Phi) is 5.54. The van der Waals surface area contributed by atoms with E-state index < -0.39 is 5.79 Å². The first-order chi connectivity index (χ1) is 11.2. The zero-order valence-electron chi connectivity index (χ0n) is 13.9. The molecule has 0 fully saturated rings. The lowest BCUT2D eigenvalue weighted by Crippen LogP contribution is -2.53. The summed E-state index contributed by atoms with van der Waals surface area (Å²) in [7, 11) is 2.93. The Labute approximate surface area is 138 Å². The van der Waals surface area contributed by atoms with Crippen LogP contribution in [0.4, 0.5) is 0 Å². The zero-order valence-corrected chi connectivity index (χ0v) is 13.9. The van der Waals surface area contributed by atoms with Gasteiger partial charge >= 0.3 is 0 Å². The van der Waals surface area contributed by atoms with Crippen LogP contribution in [-0.4, -0.2) is 25.8 Å². The maximum absolute atomic E-state index is 12.7. The third-order valence-electron chi connectivity index (χ3n) is 4.00. The molecule has 1 aromatic rings. The summed E-state index contributed by atoms with van der Waals surface area (Å²) in [6, 6.07) is 7.62. The summed E-state index contributed by atoms with van der Waals surface area (Å²) in [4.78, 5) is 12.7. The van der Waals surface area contributed by atoms with Crippen molar-refractivity contribution >= 4 is 17.4 Å². The SMILES string of the molecule is C=Cc1ccccc1C1=C(C#CCCCC)C(OC)(OC)C1=O. The number of carbonyl (C=O) groups is 1. The van der Waals surface area contributed by atoms with E-state index in [2.05, 4.69) is 25.3 Å². The monoisotopic (exact) mass is 310 g/mol. The molecule has 0 saturated heterocycles. The Morgan fingerprint density at radius 1 is 1.26 bits per heavy atom. The number of hydrogen-bond donors (Lipinski definition) is 0. The first kappa shape index (κ1) is 17.2.